The molecular weight excluding hydrogens is 344 g/mol. The van der Waals surface area contributed by atoms with Gasteiger partial charge in [-0.1, -0.05) is 19.1 Å². The molecular formula is C17H26N2O5S. The number of nitrogens with two attached hydrogens (primary N) is 1. The molecule has 7 nitrogen and oxygen atoms in total. The second-order valence-corrected chi connectivity index (χ2v) is 7.67. The molecule has 1 saturated heterocycles. The highest BCUT2D eigenvalue weighted by Crippen LogP contribution is 2.20. The van der Waals surface area contributed by atoms with E-state index in [1.165, 1.54) is 12.1 Å². The first kappa shape index (κ1) is 19.8. The Balaban J connectivity index is 1.83. The molecule has 1 aliphatic rings. The number of primary sulfonamides is 1. The van der Waals surface area contributed by atoms with Crippen LogP contribution >= 0.6 is 0 Å². The zero-order valence-corrected chi connectivity index (χ0v) is 15.3. The highest BCUT2D eigenvalue weighted by atomic mass is 32.2. The predicted octanol–water partition coefficient (Wildman–Crippen LogP) is 1.49. The lowest BCUT2D eigenvalue weighted by atomic mass is 10.0. The molecule has 0 spiro atoms. The number of hydrogen-bond acceptors (Lipinski definition) is 5. The minimum Gasteiger partial charge on any atom is -0.378 e. The molecule has 8 heteroatoms. The van der Waals surface area contributed by atoms with Gasteiger partial charge in [0.05, 0.1) is 30.3 Å². The number of benzene rings is 1. The molecule has 3 N–H and O–H groups in total. The van der Waals surface area contributed by atoms with Crippen LogP contribution in [-0.4, -0.2) is 40.2 Å². The van der Waals surface area contributed by atoms with E-state index in [2.05, 4.69) is 5.32 Å². The van der Waals surface area contributed by atoms with Gasteiger partial charge < -0.3 is 14.8 Å². The maximum absolute atomic E-state index is 12.1. The molecule has 1 aromatic carbocycles. The van der Waals surface area contributed by atoms with Gasteiger partial charge in [0.1, 0.15) is 0 Å². The largest absolute Gasteiger partial charge is 0.378 e. The fourth-order valence-electron chi connectivity index (χ4n) is 2.75. The topological polar surface area (TPSA) is 108 Å². The maximum atomic E-state index is 12.1. The summed E-state index contributed by atoms with van der Waals surface area (Å²) >= 11 is 0. The third-order valence-electron chi connectivity index (χ3n) is 4.13. The van der Waals surface area contributed by atoms with Crippen molar-refractivity contribution < 1.29 is 22.7 Å². The zero-order valence-electron chi connectivity index (χ0n) is 14.4. The molecule has 0 bridgehead atoms. The van der Waals surface area contributed by atoms with Crippen LogP contribution < -0.4 is 10.5 Å². The molecule has 140 valence electrons. The molecule has 1 aliphatic heterocycles. The molecule has 1 aromatic rings. The third-order valence-corrected chi connectivity index (χ3v) is 5.04. The Hall–Kier alpha value is -1.48. The summed E-state index contributed by atoms with van der Waals surface area (Å²) in [5, 5.41) is 8.06. The second kappa shape index (κ2) is 9.28. The number of sulfonamides is 1. The van der Waals surface area contributed by atoms with Gasteiger partial charge in [0.25, 0.3) is 0 Å². The summed E-state index contributed by atoms with van der Waals surface area (Å²) in [4.78, 5) is 12.1. The predicted molar refractivity (Wildman–Crippen MR) is 93.4 cm³/mol. The minimum atomic E-state index is -3.77. The Kier molecular flexibility index (Phi) is 7.37. The maximum Gasteiger partial charge on any atom is 0.238 e. The van der Waals surface area contributed by atoms with E-state index in [1.54, 1.807) is 12.1 Å². The summed E-state index contributed by atoms with van der Waals surface area (Å²) in [7, 11) is -3.77. The van der Waals surface area contributed by atoms with Crippen LogP contribution in [0.25, 0.3) is 0 Å². The van der Waals surface area contributed by atoms with E-state index in [4.69, 9.17) is 14.6 Å². The molecule has 1 heterocycles. The van der Waals surface area contributed by atoms with Crippen LogP contribution in [0, 0.1) is 0 Å². The van der Waals surface area contributed by atoms with Crippen molar-refractivity contribution in [2.75, 3.05) is 19.8 Å². The van der Waals surface area contributed by atoms with Gasteiger partial charge in [0.2, 0.25) is 15.9 Å². The van der Waals surface area contributed by atoms with Crippen LogP contribution in [0.1, 0.15) is 44.2 Å². The van der Waals surface area contributed by atoms with E-state index in [0.29, 0.717) is 25.2 Å². The van der Waals surface area contributed by atoms with Crippen LogP contribution in [0.5, 0.6) is 0 Å². The van der Waals surface area contributed by atoms with Crippen LogP contribution in [0.3, 0.4) is 0 Å². The van der Waals surface area contributed by atoms with Gasteiger partial charge in [-0.3, -0.25) is 4.79 Å². The van der Waals surface area contributed by atoms with Gasteiger partial charge in [-0.2, -0.15) is 0 Å². The number of amides is 1. The first-order chi connectivity index (χ1) is 11.9. The lowest BCUT2D eigenvalue weighted by molar-refractivity contribution is -0.123. The van der Waals surface area contributed by atoms with Crippen molar-refractivity contribution in [3.63, 3.8) is 0 Å². The van der Waals surface area contributed by atoms with E-state index in [1.807, 2.05) is 6.92 Å². The molecule has 0 saturated carbocycles. The highest BCUT2D eigenvalue weighted by molar-refractivity contribution is 7.89. The molecule has 0 radical (unpaired) electrons. The molecule has 0 unspecified atom stereocenters. The smallest absolute Gasteiger partial charge is 0.238 e. The number of hydrogen-bond donors (Lipinski definition) is 2. The summed E-state index contributed by atoms with van der Waals surface area (Å²) in [6.07, 6.45) is 3.09. The van der Waals surface area contributed by atoms with Gasteiger partial charge in [-0.25, -0.2) is 13.6 Å². The number of rotatable bonds is 9. The number of carbonyl (C=O) groups is 1. The Labute approximate surface area is 148 Å². The fourth-order valence-corrected chi connectivity index (χ4v) is 3.32. The average Bonchev–Trinajstić information content (AvgIpc) is 3.09. The summed E-state index contributed by atoms with van der Waals surface area (Å²) in [5.74, 6) is -0.139. The Morgan fingerprint density at radius 2 is 2.28 bits per heavy atom. The van der Waals surface area contributed by atoms with Crippen LogP contribution in [0.2, 0.25) is 0 Å². The summed E-state index contributed by atoms with van der Waals surface area (Å²) in [5.41, 5.74) is 0.711. The van der Waals surface area contributed by atoms with Crippen molar-refractivity contribution >= 4 is 15.9 Å². The first-order valence-electron chi connectivity index (χ1n) is 8.51. The van der Waals surface area contributed by atoms with E-state index in [9.17, 15) is 13.2 Å². The van der Waals surface area contributed by atoms with Crippen molar-refractivity contribution in [1.82, 2.24) is 5.32 Å². The van der Waals surface area contributed by atoms with E-state index >= 15 is 0 Å². The van der Waals surface area contributed by atoms with Gasteiger partial charge in [-0.05, 0) is 37.0 Å². The Bertz CT molecular complexity index is 671. The lowest BCUT2D eigenvalue weighted by Crippen LogP contribution is -2.29. The van der Waals surface area contributed by atoms with E-state index in [0.717, 1.165) is 19.4 Å². The summed E-state index contributed by atoms with van der Waals surface area (Å²) in [6.45, 7) is 3.55. The van der Waals surface area contributed by atoms with Gasteiger partial charge in [-0.15, -0.1) is 0 Å². The summed E-state index contributed by atoms with van der Waals surface area (Å²) < 4.78 is 33.9. The first-order valence-corrected chi connectivity index (χ1v) is 10.1. The molecule has 25 heavy (non-hydrogen) atoms. The van der Waals surface area contributed by atoms with Crippen molar-refractivity contribution in [3.8, 4) is 0 Å². The Morgan fingerprint density at radius 1 is 1.48 bits per heavy atom. The highest BCUT2D eigenvalue weighted by Gasteiger charge is 2.17. The Morgan fingerprint density at radius 3 is 2.92 bits per heavy atom. The minimum absolute atomic E-state index is 0.0394. The van der Waals surface area contributed by atoms with Crippen molar-refractivity contribution in [1.29, 1.82) is 0 Å². The zero-order chi connectivity index (χ0) is 18.3. The van der Waals surface area contributed by atoms with Crippen molar-refractivity contribution in [3.05, 3.63) is 29.8 Å². The van der Waals surface area contributed by atoms with Crippen LogP contribution in [-0.2, 0) is 24.3 Å². The van der Waals surface area contributed by atoms with E-state index < -0.39 is 10.0 Å². The third kappa shape index (κ3) is 6.39. The number of nitrogens with one attached hydrogen (secondary N) is 1. The quantitative estimate of drug-likeness (QED) is 0.640. The fraction of sp³-hybridized carbons (Fsp3) is 0.588. The molecule has 1 amide bonds. The SMILES string of the molecule is CC[C@H](NC(=O)CCOC[C@@H]1CCCO1)c1cccc(S(N)(=O)=O)c1. The molecule has 2 rings (SSSR count). The van der Waals surface area contributed by atoms with Gasteiger partial charge in [0, 0.05) is 13.0 Å². The monoisotopic (exact) mass is 370 g/mol. The van der Waals surface area contributed by atoms with Crippen molar-refractivity contribution in [2.24, 2.45) is 5.14 Å². The lowest BCUT2D eigenvalue weighted by Gasteiger charge is -2.18. The van der Waals surface area contributed by atoms with Crippen molar-refractivity contribution in [2.45, 2.75) is 49.6 Å². The standard InChI is InChI=1S/C17H26N2O5S/c1-2-16(13-5-3-7-15(11-13)25(18,21)22)19-17(20)8-10-23-12-14-6-4-9-24-14/h3,5,7,11,14,16H,2,4,6,8-10,12H2,1H3,(H,19,20)(H2,18,21,22)/t14-,16-/m0/s1. The normalized spacial score (nSPS) is 18.9. The second-order valence-electron chi connectivity index (χ2n) is 6.11. The average molecular weight is 370 g/mol. The summed E-state index contributed by atoms with van der Waals surface area (Å²) in [6, 6.07) is 6.06. The molecule has 0 aliphatic carbocycles. The van der Waals surface area contributed by atoms with E-state index in [-0.39, 0.29) is 29.4 Å². The van der Waals surface area contributed by atoms with Gasteiger partial charge in [0.15, 0.2) is 0 Å². The number of carbonyl (C=O) groups excluding carboxylic acids is 1. The molecule has 2 atom stereocenters. The van der Waals surface area contributed by atoms with Gasteiger partial charge >= 0.3 is 0 Å². The molecule has 1 fully saturated rings. The molecule has 0 aromatic heterocycles. The van der Waals surface area contributed by atoms with Crippen LogP contribution in [0.15, 0.2) is 29.2 Å². The number of ether oxygens (including phenoxy) is 2. The van der Waals surface area contributed by atoms with Crippen LogP contribution in [0.4, 0.5) is 0 Å².